The molecule has 3 aliphatic heterocycles. The second kappa shape index (κ2) is 19.7. The van der Waals surface area contributed by atoms with E-state index in [1.54, 1.807) is 52.0 Å². The van der Waals surface area contributed by atoms with Crippen molar-refractivity contribution in [1.29, 1.82) is 0 Å². The number of allylic oxidation sites excluding steroid dienone is 4. The highest BCUT2D eigenvalue weighted by molar-refractivity contribution is 6.07. The molecule has 0 radical (unpaired) electrons. The molecule has 2 saturated heterocycles. The number of esters is 1. The normalized spacial score (nSPS) is 35.5. The second-order valence-corrected chi connectivity index (χ2v) is 15.0. The average Bonchev–Trinajstić information content (AvgIpc) is 3.70. The van der Waals surface area contributed by atoms with Crippen molar-refractivity contribution in [2.45, 2.75) is 155 Å². The van der Waals surface area contributed by atoms with E-state index < -0.39 is 66.6 Å². The molecule has 4 bridgehead atoms. The molecule has 0 aromatic carbocycles. The van der Waals surface area contributed by atoms with Gasteiger partial charge < -0.3 is 29.5 Å². The first-order valence-corrected chi connectivity index (χ1v) is 18.6. The number of unbranched alkanes of at least 4 members (excludes halogenated alkanes) is 1. The maximum Gasteiger partial charge on any atom is 0.309 e. The summed E-state index contributed by atoms with van der Waals surface area (Å²) in [6, 6.07) is 0. The fraction of sp³-hybridized carbons (Fsp3) is 0.659. The standard InChI is InChI=1S/C41H60O10/c1-9-10-12-23(2)39(46)24(3)13-11-14-34-35-16-15-31(49-35)20-30(42)18-26(5)32(43)21-33(44)29(8)25(4)17-28(7)40(47)41(48)37-19-27(6)36(50-37)22-38(45)51-34/h11,13-14,17,26-27,29,31,33-37,40-41,44,47-48H,2,7,9-10,12,15-16,18-22H2,1,3-6,8H3/t26-,27+,29+,31+,33-,34+,35+,36-,37+,40+,41-/m0/s1. The summed E-state index contributed by atoms with van der Waals surface area (Å²) in [5.41, 5.74) is 1.94. The van der Waals surface area contributed by atoms with Crippen molar-refractivity contribution in [2.75, 3.05) is 0 Å². The molecule has 284 valence electrons. The first-order valence-electron chi connectivity index (χ1n) is 18.6. The summed E-state index contributed by atoms with van der Waals surface area (Å²) < 4.78 is 18.3. The minimum atomic E-state index is -1.37. The lowest BCUT2D eigenvalue weighted by atomic mass is 9.87. The lowest BCUT2D eigenvalue weighted by Gasteiger charge is -2.26. The molecule has 51 heavy (non-hydrogen) atoms. The molecule has 0 unspecified atom stereocenters. The van der Waals surface area contributed by atoms with Crippen LogP contribution in [0.1, 0.15) is 106 Å². The Bertz CT molecular complexity index is 1370. The minimum Gasteiger partial charge on any atom is -0.455 e. The van der Waals surface area contributed by atoms with Crippen LogP contribution in [0.15, 0.2) is 59.8 Å². The van der Waals surface area contributed by atoms with E-state index in [9.17, 15) is 34.5 Å². The van der Waals surface area contributed by atoms with Gasteiger partial charge in [-0.25, -0.2) is 0 Å². The van der Waals surface area contributed by atoms with Gasteiger partial charge in [0, 0.05) is 31.1 Å². The van der Waals surface area contributed by atoms with E-state index in [-0.39, 0.29) is 54.5 Å². The minimum absolute atomic E-state index is 0.0148. The highest BCUT2D eigenvalue weighted by atomic mass is 16.6. The Kier molecular flexibility index (Phi) is 16.4. The Morgan fingerprint density at radius 3 is 2.37 bits per heavy atom. The summed E-state index contributed by atoms with van der Waals surface area (Å²) in [6.07, 6.45) is 3.63. The zero-order valence-corrected chi connectivity index (χ0v) is 31.3. The van der Waals surface area contributed by atoms with Crippen LogP contribution >= 0.6 is 0 Å². The van der Waals surface area contributed by atoms with E-state index >= 15 is 0 Å². The average molecular weight is 713 g/mol. The molecule has 0 aromatic heterocycles. The number of carbonyl (C=O) groups is 4. The molecule has 10 heteroatoms. The predicted octanol–water partition coefficient (Wildman–Crippen LogP) is 5.63. The summed E-state index contributed by atoms with van der Waals surface area (Å²) in [5, 5.41) is 32.9. The largest absolute Gasteiger partial charge is 0.455 e. The quantitative estimate of drug-likeness (QED) is 0.172. The third-order valence-electron chi connectivity index (χ3n) is 10.6. The summed E-state index contributed by atoms with van der Waals surface area (Å²) in [7, 11) is 0. The molecule has 0 aliphatic carbocycles. The van der Waals surface area contributed by atoms with E-state index in [4.69, 9.17) is 14.2 Å². The SMILES string of the molecule is C=C(CCCC)C(=O)C(C)=CC=C[C@H]1OC(=O)C[C@@H]2O[C@H](C[C@H]2C)[C@H](O)[C@H](O)C(=C)C=C(C)[C@@H](C)[C@@H](O)CC(=O)[C@@H](C)CC(=O)C[C@H]2CC[C@H]1O2. The number of carbonyl (C=O) groups excluding carboxylic acids is 4. The van der Waals surface area contributed by atoms with E-state index in [0.717, 1.165) is 12.8 Å². The molecule has 3 aliphatic rings. The van der Waals surface area contributed by atoms with Crippen LogP contribution in [-0.4, -0.2) is 87.5 Å². The molecule has 10 nitrogen and oxygen atoms in total. The maximum atomic E-state index is 13.4. The zero-order chi connectivity index (χ0) is 38.0. The van der Waals surface area contributed by atoms with Crippen LogP contribution in [0.4, 0.5) is 0 Å². The Balaban J connectivity index is 1.86. The molecule has 0 aromatic rings. The van der Waals surface area contributed by atoms with Crippen molar-refractivity contribution in [2.24, 2.45) is 17.8 Å². The molecular formula is C41H60O10. The number of aliphatic hydroxyl groups excluding tert-OH is 3. The van der Waals surface area contributed by atoms with Gasteiger partial charge in [0.05, 0.1) is 36.9 Å². The highest BCUT2D eigenvalue weighted by Crippen LogP contribution is 2.34. The van der Waals surface area contributed by atoms with E-state index in [2.05, 4.69) is 20.1 Å². The molecule has 3 heterocycles. The van der Waals surface area contributed by atoms with Crippen molar-refractivity contribution in [3.05, 3.63) is 59.8 Å². The number of fused-ring (bicyclic) bond motifs is 4. The highest BCUT2D eigenvalue weighted by Gasteiger charge is 2.41. The van der Waals surface area contributed by atoms with Crippen LogP contribution in [-0.2, 0) is 33.4 Å². The predicted molar refractivity (Wildman–Crippen MR) is 195 cm³/mol. The van der Waals surface area contributed by atoms with Gasteiger partial charge in [0.2, 0.25) is 0 Å². The Morgan fingerprint density at radius 1 is 0.980 bits per heavy atom. The molecule has 11 atom stereocenters. The van der Waals surface area contributed by atoms with Crippen LogP contribution in [0, 0.1) is 17.8 Å². The summed E-state index contributed by atoms with van der Waals surface area (Å²) >= 11 is 0. The summed E-state index contributed by atoms with van der Waals surface area (Å²) in [6.45, 7) is 18.7. The van der Waals surface area contributed by atoms with Crippen molar-refractivity contribution in [3.63, 3.8) is 0 Å². The first kappa shape index (κ1) is 42.4. The number of ketones is 3. The molecule has 3 rings (SSSR count). The van der Waals surface area contributed by atoms with E-state index in [1.807, 2.05) is 6.92 Å². The fourth-order valence-corrected chi connectivity index (χ4v) is 6.91. The molecule has 2 fully saturated rings. The van der Waals surface area contributed by atoms with E-state index in [1.165, 1.54) is 0 Å². The second-order valence-electron chi connectivity index (χ2n) is 15.0. The van der Waals surface area contributed by atoms with Gasteiger partial charge in [0.25, 0.3) is 0 Å². The van der Waals surface area contributed by atoms with Crippen LogP contribution in [0.5, 0.6) is 0 Å². The number of cyclic esters (lactones) is 1. The Hall–Kier alpha value is -3.02. The first-order chi connectivity index (χ1) is 24.0. The number of Topliss-reactive ketones (excluding diaryl/α,β-unsaturated/α-hetero) is 3. The van der Waals surface area contributed by atoms with Gasteiger partial charge in [-0.2, -0.15) is 0 Å². The van der Waals surface area contributed by atoms with Crippen LogP contribution in [0.25, 0.3) is 0 Å². The Morgan fingerprint density at radius 2 is 1.69 bits per heavy atom. The third kappa shape index (κ3) is 12.3. The number of hydrogen-bond donors (Lipinski definition) is 3. The smallest absolute Gasteiger partial charge is 0.309 e. The fourth-order valence-electron chi connectivity index (χ4n) is 6.91. The van der Waals surface area contributed by atoms with Gasteiger partial charge in [0.15, 0.2) is 5.78 Å². The van der Waals surface area contributed by atoms with Gasteiger partial charge >= 0.3 is 5.97 Å². The Labute approximate surface area is 303 Å². The van der Waals surface area contributed by atoms with Gasteiger partial charge in [0.1, 0.15) is 29.9 Å². The summed E-state index contributed by atoms with van der Waals surface area (Å²) in [5.74, 6) is -2.20. The number of hydrogen-bond acceptors (Lipinski definition) is 10. The molecule has 0 saturated carbocycles. The number of ether oxygens (including phenoxy) is 3. The molecule has 3 N–H and O–H groups in total. The third-order valence-corrected chi connectivity index (χ3v) is 10.6. The number of aliphatic hydroxyl groups is 3. The lowest BCUT2D eigenvalue weighted by Crippen LogP contribution is -2.38. The van der Waals surface area contributed by atoms with Crippen LogP contribution in [0.3, 0.4) is 0 Å². The van der Waals surface area contributed by atoms with Gasteiger partial charge in [-0.1, -0.05) is 71.1 Å². The van der Waals surface area contributed by atoms with Crippen molar-refractivity contribution >= 4 is 23.3 Å². The maximum absolute atomic E-state index is 13.4. The molecule has 0 amide bonds. The van der Waals surface area contributed by atoms with Crippen molar-refractivity contribution in [1.82, 2.24) is 0 Å². The van der Waals surface area contributed by atoms with Gasteiger partial charge in [-0.05, 0) is 74.7 Å². The zero-order valence-electron chi connectivity index (χ0n) is 31.3. The van der Waals surface area contributed by atoms with Crippen molar-refractivity contribution < 1.29 is 48.7 Å². The summed E-state index contributed by atoms with van der Waals surface area (Å²) in [4.78, 5) is 52.2. The number of rotatable bonds is 7. The monoisotopic (exact) mass is 712 g/mol. The van der Waals surface area contributed by atoms with E-state index in [0.29, 0.717) is 42.4 Å². The molecule has 0 spiro atoms. The van der Waals surface area contributed by atoms with Crippen LogP contribution in [0.2, 0.25) is 0 Å². The van der Waals surface area contributed by atoms with Crippen LogP contribution < -0.4 is 0 Å². The van der Waals surface area contributed by atoms with Gasteiger partial charge in [-0.15, -0.1) is 0 Å². The van der Waals surface area contributed by atoms with Gasteiger partial charge in [-0.3, -0.25) is 19.2 Å². The van der Waals surface area contributed by atoms with Crippen molar-refractivity contribution in [3.8, 4) is 0 Å². The molecular weight excluding hydrogens is 652 g/mol. The lowest BCUT2D eigenvalue weighted by molar-refractivity contribution is -0.158. The topological polar surface area (TPSA) is 157 Å².